The maximum atomic E-state index is 13.2. The molecule has 3 rings (SSSR count). The van der Waals surface area contributed by atoms with Gasteiger partial charge in [-0.2, -0.15) is 0 Å². The molecular formula is C15H14FN3O2S. The summed E-state index contributed by atoms with van der Waals surface area (Å²) in [5.41, 5.74) is 3.08. The predicted molar refractivity (Wildman–Crippen MR) is 80.7 cm³/mol. The van der Waals surface area contributed by atoms with Gasteiger partial charge in [0.1, 0.15) is 11.6 Å². The molecule has 1 aromatic carbocycles. The highest BCUT2D eigenvalue weighted by Crippen LogP contribution is 2.20. The molecule has 0 aliphatic rings. The molecule has 0 radical (unpaired) electrons. The van der Waals surface area contributed by atoms with Crippen LogP contribution >= 0.6 is 0 Å². The molecule has 0 saturated heterocycles. The van der Waals surface area contributed by atoms with E-state index in [0.717, 1.165) is 11.1 Å². The summed E-state index contributed by atoms with van der Waals surface area (Å²) in [5, 5.41) is -0.171. The number of aromatic amines is 1. The number of aromatic nitrogens is 3. The van der Waals surface area contributed by atoms with Gasteiger partial charge in [-0.15, -0.1) is 0 Å². The maximum Gasteiger partial charge on any atom is 0.226 e. The first-order valence-electron chi connectivity index (χ1n) is 6.66. The lowest BCUT2D eigenvalue weighted by molar-refractivity contribution is 0.587. The van der Waals surface area contributed by atoms with Gasteiger partial charge in [-0.3, -0.25) is 4.98 Å². The van der Waals surface area contributed by atoms with Gasteiger partial charge >= 0.3 is 0 Å². The molecule has 2 heterocycles. The van der Waals surface area contributed by atoms with Crippen LogP contribution in [0.1, 0.15) is 16.8 Å². The Morgan fingerprint density at radius 1 is 1.23 bits per heavy atom. The van der Waals surface area contributed by atoms with Gasteiger partial charge in [-0.05, 0) is 49.2 Å². The van der Waals surface area contributed by atoms with Gasteiger partial charge in [0.25, 0.3) is 0 Å². The summed E-state index contributed by atoms with van der Waals surface area (Å²) in [6.07, 6.45) is 1.58. The predicted octanol–water partition coefficient (Wildman–Crippen LogP) is 2.69. The zero-order valence-electron chi connectivity index (χ0n) is 12.1. The van der Waals surface area contributed by atoms with Crippen molar-refractivity contribution in [1.82, 2.24) is 15.0 Å². The number of H-pyrrole nitrogens is 1. The number of hydrogen-bond acceptors (Lipinski definition) is 4. The molecule has 22 heavy (non-hydrogen) atoms. The van der Waals surface area contributed by atoms with E-state index in [1.54, 1.807) is 6.20 Å². The second-order valence-corrected chi connectivity index (χ2v) is 7.07. The van der Waals surface area contributed by atoms with Crippen LogP contribution in [0.4, 0.5) is 4.39 Å². The smallest absolute Gasteiger partial charge is 0.226 e. The third-order valence-electron chi connectivity index (χ3n) is 3.62. The lowest BCUT2D eigenvalue weighted by Crippen LogP contribution is -2.10. The monoisotopic (exact) mass is 319 g/mol. The molecular weight excluding hydrogens is 305 g/mol. The zero-order chi connectivity index (χ0) is 15.9. The summed E-state index contributed by atoms with van der Waals surface area (Å²) in [7, 11) is -3.68. The molecule has 2 aromatic heterocycles. The Bertz CT molecular complexity index is 964. The van der Waals surface area contributed by atoms with Crippen molar-refractivity contribution in [2.45, 2.75) is 24.8 Å². The highest BCUT2D eigenvalue weighted by Gasteiger charge is 2.22. The summed E-state index contributed by atoms with van der Waals surface area (Å²) in [4.78, 5) is 10.8. The van der Waals surface area contributed by atoms with Crippen LogP contribution in [-0.4, -0.2) is 23.4 Å². The largest absolute Gasteiger partial charge is 0.329 e. The second kappa shape index (κ2) is 5.17. The van der Waals surface area contributed by atoms with Gasteiger partial charge in [0.05, 0.1) is 16.7 Å². The highest BCUT2D eigenvalue weighted by atomic mass is 32.2. The van der Waals surface area contributed by atoms with Crippen molar-refractivity contribution in [3.05, 3.63) is 53.1 Å². The van der Waals surface area contributed by atoms with Gasteiger partial charge in [0.2, 0.25) is 15.0 Å². The molecule has 0 fully saturated rings. The number of fused-ring (bicyclic) bond motifs is 1. The van der Waals surface area contributed by atoms with Crippen molar-refractivity contribution in [2.24, 2.45) is 0 Å². The minimum atomic E-state index is -3.68. The van der Waals surface area contributed by atoms with Gasteiger partial charge in [-0.1, -0.05) is 0 Å². The average Bonchev–Trinajstić information content (AvgIpc) is 2.87. The minimum absolute atomic E-state index is 0.171. The Morgan fingerprint density at radius 2 is 2.00 bits per heavy atom. The van der Waals surface area contributed by atoms with Crippen molar-refractivity contribution < 1.29 is 12.8 Å². The van der Waals surface area contributed by atoms with Crippen LogP contribution in [-0.2, 0) is 15.6 Å². The van der Waals surface area contributed by atoms with Gasteiger partial charge in [0, 0.05) is 6.20 Å². The molecule has 0 spiro atoms. The van der Waals surface area contributed by atoms with Crippen LogP contribution in [0.2, 0.25) is 0 Å². The van der Waals surface area contributed by atoms with Gasteiger partial charge in [-0.25, -0.2) is 17.8 Å². The van der Waals surface area contributed by atoms with Crippen molar-refractivity contribution in [2.75, 3.05) is 0 Å². The van der Waals surface area contributed by atoms with Crippen molar-refractivity contribution in [1.29, 1.82) is 0 Å². The molecule has 5 nitrogen and oxygen atoms in total. The van der Waals surface area contributed by atoms with E-state index in [-0.39, 0.29) is 10.9 Å². The average molecular weight is 319 g/mol. The Morgan fingerprint density at radius 3 is 2.77 bits per heavy atom. The fourth-order valence-corrected chi connectivity index (χ4v) is 3.48. The van der Waals surface area contributed by atoms with E-state index in [2.05, 4.69) is 15.0 Å². The number of halogens is 1. The Hall–Kier alpha value is -2.28. The highest BCUT2D eigenvalue weighted by molar-refractivity contribution is 7.90. The van der Waals surface area contributed by atoms with Gasteiger partial charge in [0.15, 0.2) is 0 Å². The number of pyridine rings is 1. The summed E-state index contributed by atoms with van der Waals surface area (Å²) < 4.78 is 38.2. The van der Waals surface area contributed by atoms with E-state index in [9.17, 15) is 12.8 Å². The summed E-state index contributed by atoms with van der Waals surface area (Å²) >= 11 is 0. The molecule has 114 valence electrons. The van der Waals surface area contributed by atoms with E-state index in [0.29, 0.717) is 16.7 Å². The third kappa shape index (κ3) is 2.59. The number of nitrogens with zero attached hydrogens (tertiary/aromatic N) is 2. The zero-order valence-corrected chi connectivity index (χ0v) is 12.9. The molecule has 0 aliphatic carbocycles. The van der Waals surface area contributed by atoms with Crippen molar-refractivity contribution in [3.8, 4) is 0 Å². The summed E-state index contributed by atoms with van der Waals surface area (Å²) in [5.74, 6) is -0.695. The number of aryl methyl sites for hydroxylation is 1. The van der Waals surface area contributed by atoms with Crippen LogP contribution in [0, 0.1) is 19.7 Å². The van der Waals surface area contributed by atoms with Crippen molar-refractivity contribution >= 4 is 20.9 Å². The summed E-state index contributed by atoms with van der Waals surface area (Å²) in [6.45, 7) is 3.73. The summed E-state index contributed by atoms with van der Waals surface area (Å²) in [6, 6.07) is 5.73. The second-order valence-electron chi connectivity index (χ2n) is 5.16. The van der Waals surface area contributed by atoms with E-state index >= 15 is 0 Å². The standard InChI is InChI=1S/C15H14FN3O2S/c1-9-5-6-17-14(10(9)2)8-22(20,21)15-18-12-4-3-11(16)7-13(12)19-15/h3-7H,8H2,1-2H3,(H,18,19). The van der Waals surface area contributed by atoms with E-state index in [1.165, 1.54) is 18.2 Å². The molecule has 0 unspecified atom stereocenters. The Labute approximate surface area is 127 Å². The molecule has 7 heteroatoms. The van der Waals surface area contributed by atoms with E-state index in [4.69, 9.17) is 0 Å². The maximum absolute atomic E-state index is 13.2. The fourth-order valence-electron chi connectivity index (χ4n) is 2.19. The molecule has 0 aliphatic heterocycles. The fraction of sp³-hybridized carbons (Fsp3) is 0.200. The molecule has 0 saturated carbocycles. The molecule has 0 amide bonds. The number of rotatable bonds is 3. The number of imidazole rings is 1. The first-order chi connectivity index (χ1) is 10.4. The lowest BCUT2D eigenvalue weighted by Gasteiger charge is -2.06. The lowest BCUT2D eigenvalue weighted by atomic mass is 10.1. The molecule has 0 atom stereocenters. The Kier molecular flexibility index (Phi) is 3.44. The van der Waals surface area contributed by atoms with Crippen molar-refractivity contribution in [3.63, 3.8) is 0 Å². The first kappa shape index (κ1) is 14.6. The minimum Gasteiger partial charge on any atom is -0.329 e. The number of benzene rings is 1. The van der Waals surface area contributed by atoms with E-state index < -0.39 is 15.7 Å². The molecule has 1 N–H and O–H groups in total. The number of hydrogen-bond donors (Lipinski definition) is 1. The first-order valence-corrected chi connectivity index (χ1v) is 8.31. The number of sulfone groups is 1. The van der Waals surface area contributed by atoms with Crippen LogP contribution < -0.4 is 0 Å². The molecule has 3 aromatic rings. The SMILES string of the molecule is Cc1ccnc(CS(=O)(=O)c2nc3ccc(F)cc3[nH]2)c1C. The third-order valence-corrected chi connectivity index (χ3v) is 5.06. The Balaban J connectivity index is 2.02. The number of nitrogens with one attached hydrogen (secondary N) is 1. The van der Waals surface area contributed by atoms with Crippen LogP contribution in [0.15, 0.2) is 35.6 Å². The molecule has 0 bridgehead atoms. The van der Waals surface area contributed by atoms with Crippen LogP contribution in [0.5, 0.6) is 0 Å². The normalized spacial score (nSPS) is 12.0. The van der Waals surface area contributed by atoms with Crippen LogP contribution in [0.3, 0.4) is 0 Å². The van der Waals surface area contributed by atoms with E-state index in [1.807, 2.05) is 19.9 Å². The quantitative estimate of drug-likeness (QED) is 0.805. The topological polar surface area (TPSA) is 75.7 Å². The van der Waals surface area contributed by atoms with Gasteiger partial charge < -0.3 is 4.98 Å². The van der Waals surface area contributed by atoms with Crippen LogP contribution in [0.25, 0.3) is 11.0 Å².